The molecule has 0 spiro atoms. The van der Waals surface area contributed by atoms with Crippen molar-refractivity contribution in [3.05, 3.63) is 10.7 Å². The van der Waals surface area contributed by atoms with Crippen LogP contribution in [0.2, 0.25) is 0 Å². The molecule has 0 atom stereocenters. The predicted molar refractivity (Wildman–Crippen MR) is 70.4 cm³/mol. The minimum atomic E-state index is 0.920. The van der Waals surface area contributed by atoms with E-state index in [1.54, 1.807) is 11.3 Å². The minimum Gasteiger partial charge on any atom is -0.319 e. The van der Waals surface area contributed by atoms with Crippen molar-refractivity contribution < 1.29 is 0 Å². The van der Waals surface area contributed by atoms with Gasteiger partial charge in [-0.2, -0.15) is 0 Å². The molecule has 2 aromatic heterocycles. The number of nitrogens with one attached hydrogen (secondary N) is 1. The van der Waals surface area contributed by atoms with Crippen molar-refractivity contribution in [1.82, 2.24) is 25.1 Å². The van der Waals surface area contributed by atoms with Crippen molar-refractivity contribution in [2.75, 3.05) is 13.6 Å². The molecule has 17 heavy (non-hydrogen) atoms. The standard InChI is InChI=1S/C10H15N5S2/c1-3-4-7-9(17-15-12-7)10-14-13-8(16-10)5-6-11-2/h11H,3-6H2,1-2H3. The van der Waals surface area contributed by atoms with E-state index in [1.807, 2.05) is 7.05 Å². The van der Waals surface area contributed by atoms with Gasteiger partial charge in [0.2, 0.25) is 0 Å². The van der Waals surface area contributed by atoms with Crippen molar-refractivity contribution in [2.24, 2.45) is 0 Å². The van der Waals surface area contributed by atoms with Crippen LogP contribution in [-0.4, -0.2) is 33.4 Å². The van der Waals surface area contributed by atoms with Gasteiger partial charge in [-0.3, -0.25) is 0 Å². The van der Waals surface area contributed by atoms with Gasteiger partial charge in [0.15, 0.2) is 5.01 Å². The Morgan fingerprint density at radius 1 is 1.18 bits per heavy atom. The lowest BCUT2D eigenvalue weighted by Gasteiger charge is -1.93. The molecule has 0 bridgehead atoms. The van der Waals surface area contributed by atoms with Gasteiger partial charge in [0.05, 0.1) is 5.69 Å². The summed E-state index contributed by atoms with van der Waals surface area (Å²) in [6, 6.07) is 0. The maximum Gasteiger partial charge on any atom is 0.161 e. The highest BCUT2D eigenvalue weighted by Gasteiger charge is 2.14. The summed E-state index contributed by atoms with van der Waals surface area (Å²) in [5.41, 5.74) is 1.05. The molecule has 2 rings (SSSR count). The third-order valence-electron chi connectivity index (χ3n) is 2.29. The van der Waals surface area contributed by atoms with E-state index in [0.717, 1.165) is 46.4 Å². The van der Waals surface area contributed by atoms with Crippen LogP contribution < -0.4 is 5.32 Å². The average molecular weight is 269 g/mol. The van der Waals surface area contributed by atoms with Gasteiger partial charge in [-0.1, -0.05) is 29.2 Å². The lowest BCUT2D eigenvalue weighted by Crippen LogP contribution is -2.09. The fourth-order valence-corrected chi connectivity index (χ4v) is 3.08. The number of nitrogens with zero attached hydrogens (tertiary/aromatic N) is 4. The van der Waals surface area contributed by atoms with Crippen molar-refractivity contribution in [1.29, 1.82) is 0 Å². The molecule has 0 aliphatic rings. The van der Waals surface area contributed by atoms with Crippen LogP contribution in [-0.2, 0) is 12.8 Å². The third kappa shape index (κ3) is 3.05. The fraction of sp³-hybridized carbons (Fsp3) is 0.600. The molecule has 0 aliphatic carbocycles. The van der Waals surface area contributed by atoms with Gasteiger partial charge in [-0.15, -0.1) is 15.3 Å². The van der Waals surface area contributed by atoms with Gasteiger partial charge in [-0.05, 0) is 25.0 Å². The largest absolute Gasteiger partial charge is 0.319 e. The van der Waals surface area contributed by atoms with E-state index in [0.29, 0.717) is 0 Å². The maximum absolute atomic E-state index is 4.23. The Hall–Kier alpha value is -0.920. The highest BCUT2D eigenvalue weighted by Crippen LogP contribution is 2.29. The summed E-state index contributed by atoms with van der Waals surface area (Å²) in [7, 11) is 1.94. The van der Waals surface area contributed by atoms with E-state index >= 15 is 0 Å². The molecule has 0 radical (unpaired) electrons. The first-order chi connectivity index (χ1) is 8.35. The highest BCUT2D eigenvalue weighted by atomic mass is 32.1. The molecule has 0 fully saturated rings. The zero-order valence-electron chi connectivity index (χ0n) is 9.93. The number of aryl methyl sites for hydroxylation is 1. The molecule has 0 aliphatic heterocycles. The fourth-order valence-electron chi connectivity index (χ4n) is 1.45. The number of hydrogen-bond donors (Lipinski definition) is 1. The molecule has 92 valence electrons. The van der Waals surface area contributed by atoms with E-state index in [9.17, 15) is 0 Å². The summed E-state index contributed by atoms with van der Waals surface area (Å²) < 4.78 is 4.01. The summed E-state index contributed by atoms with van der Waals surface area (Å²) in [5, 5.41) is 17.7. The van der Waals surface area contributed by atoms with Gasteiger partial charge in [0.25, 0.3) is 0 Å². The van der Waals surface area contributed by atoms with E-state index in [2.05, 4.69) is 32.0 Å². The molecular formula is C10H15N5S2. The minimum absolute atomic E-state index is 0.920. The molecule has 0 unspecified atom stereocenters. The molecule has 0 amide bonds. The lowest BCUT2D eigenvalue weighted by molar-refractivity contribution is 0.779. The highest BCUT2D eigenvalue weighted by molar-refractivity contribution is 7.19. The van der Waals surface area contributed by atoms with E-state index < -0.39 is 0 Å². The van der Waals surface area contributed by atoms with Crippen molar-refractivity contribution in [3.63, 3.8) is 0 Å². The summed E-state index contributed by atoms with van der Waals surface area (Å²) in [6.45, 7) is 3.07. The van der Waals surface area contributed by atoms with Crippen LogP contribution in [0.25, 0.3) is 9.88 Å². The molecule has 2 heterocycles. The first-order valence-electron chi connectivity index (χ1n) is 5.63. The SMILES string of the molecule is CCCc1nnsc1-c1nnc(CCNC)s1. The Morgan fingerprint density at radius 3 is 2.82 bits per heavy atom. The quantitative estimate of drug-likeness (QED) is 0.866. The number of rotatable bonds is 6. The van der Waals surface area contributed by atoms with Gasteiger partial charge in [0, 0.05) is 13.0 Å². The summed E-state index contributed by atoms with van der Waals surface area (Å²) in [5.74, 6) is 0. The Balaban J connectivity index is 2.15. The Labute approximate surface area is 108 Å². The Morgan fingerprint density at radius 2 is 2.06 bits per heavy atom. The summed E-state index contributed by atoms with van der Waals surface area (Å²) >= 11 is 3.05. The van der Waals surface area contributed by atoms with E-state index in [4.69, 9.17) is 0 Å². The molecule has 0 saturated carbocycles. The number of hydrogen-bond acceptors (Lipinski definition) is 7. The monoisotopic (exact) mass is 269 g/mol. The van der Waals surface area contributed by atoms with Crippen molar-refractivity contribution in [2.45, 2.75) is 26.2 Å². The Bertz CT molecular complexity index is 465. The first-order valence-corrected chi connectivity index (χ1v) is 7.22. The van der Waals surface area contributed by atoms with E-state index in [-0.39, 0.29) is 0 Å². The van der Waals surface area contributed by atoms with Crippen LogP contribution in [0.3, 0.4) is 0 Å². The lowest BCUT2D eigenvalue weighted by atomic mass is 10.2. The Kier molecular flexibility index (Phi) is 4.52. The van der Waals surface area contributed by atoms with E-state index in [1.165, 1.54) is 11.5 Å². The molecule has 1 N–H and O–H groups in total. The topological polar surface area (TPSA) is 63.6 Å². The van der Waals surface area contributed by atoms with Gasteiger partial charge >= 0.3 is 0 Å². The van der Waals surface area contributed by atoms with Crippen LogP contribution in [0, 0.1) is 0 Å². The van der Waals surface area contributed by atoms with Crippen LogP contribution in [0.1, 0.15) is 24.0 Å². The van der Waals surface area contributed by atoms with Gasteiger partial charge in [0.1, 0.15) is 9.88 Å². The van der Waals surface area contributed by atoms with Crippen LogP contribution in [0.5, 0.6) is 0 Å². The normalized spacial score (nSPS) is 10.9. The first kappa shape index (κ1) is 12.5. The van der Waals surface area contributed by atoms with Gasteiger partial charge in [-0.25, -0.2) is 0 Å². The molecule has 0 saturated heterocycles. The van der Waals surface area contributed by atoms with Gasteiger partial charge < -0.3 is 5.32 Å². The van der Waals surface area contributed by atoms with Crippen LogP contribution >= 0.6 is 22.9 Å². The second-order valence-electron chi connectivity index (χ2n) is 3.65. The zero-order valence-corrected chi connectivity index (χ0v) is 11.6. The predicted octanol–water partition coefficient (Wildman–Crippen LogP) is 1.77. The summed E-state index contributed by atoms with van der Waals surface area (Å²) in [6.07, 6.45) is 2.95. The molecule has 5 nitrogen and oxygen atoms in total. The smallest absolute Gasteiger partial charge is 0.161 e. The maximum atomic E-state index is 4.23. The molecule has 0 aromatic carbocycles. The van der Waals surface area contributed by atoms with Crippen LogP contribution in [0.4, 0.5) is 0 Å². The van der Waals surface area contributed by atoms with Crippen LogP contribution in [0.15, 0.2) is 0 Å². The molecule has 7 heteroatoms. The second-order valence-corrected chi connectivity index (χ2v) is 5.47. The van der Waals surface area contributed by atoms with Crippen molar-refractivity contribution >= 4 is 22.9 Å². The summed E-state index contributed by atoms with van der Waals surface area (Å²) in [4.78, 5) is 1.08. The average Bonchev–Trinajstić information content (AvgIpc) is 2.95. The van der Waals surface area contributed by atoms with Crippen molar-refractivity contribution in [3.8, 4) is 9.88 Å². The number of aromatic nitrogens is 4. The number of likely N-dealkylation sites (N-methyl/N-ethyl adjacent to an activating group) is 1. The zero-order chi connectivity index (χ0) is 12.1. The molecular weight excluding hydrogens is 254 g/mol. The second kappa shape index (κ2) is 6.13. The molecule has 2 aromatic rings. The third-order valence-corrected chi connectivity index (χ3v) is 4.20.